The standard InChI is InChI=1S/C12H23N3O3.ClH/c1-14(2)12(17)9-15(3)11(16)8-13-7-10-5-4-6-18-10;/h10,13H,4-9H2,1-3H3;1H. The van der Waals surface area contributed by atoms with E-state index in [2.05, 4.69) is 5.32 Å². The highest BCUT2D eigenvalue weighted by Crippen LogP contribution is 2.10. The van der Waals surface area contributed by atoms with Crippen LogP contribution in [0.15, 0.2) is 0 Å². The number of amides is 2. The monoisotopic (exact) mass is 293 g/mol. The second-order valence-electron chi connectivity index (χ2n) is 4.80. The SMILES string of the molecule is CN(C)C(=O)CN(C)C(=O)CNCC1CCCO1.Cl. The molecule has 0 aromatic carbocycles. The lowest BCUT2D eigenvalue weighted by atomic mass is 10.2. The molecule has 19 heavy (non-hydrogen) atoms. The minimum absolute atomic E-state index is 0. The van der Waals surface area contributed by atoms with E-state index in [1.54, 1.807) is 21.1 Å². The van der Waals surface area contributed by atoms with Crippen LogP contribution in [0, 0.1) is 0 Å². The predicted octanol–water partition coefficient (Wildman–Crippen LogP) is -0.277. The highest BCUT2D eigenvalue weighted by Gasteiger charge is 2.17. The van der Waals surface area contributed by atoms with Crippen molar-refractivity contribution in [3.05, 3.63) is 0 Å². The number of halogens is 1. The Morgan fingerprint density at radius 3 is 2.47 bits per heavy atom. The first-order valence-electron chi connectivity index (χ1n) is 6.27. The van der Waals surface area contributed by atoms with Gasteiger partial charge in [0.25, 0.3) is 0 Å². The number of carbonyl (C=O) groups is 2. The van der Waals surface area contributed by atoms with Crippen LogP contribution >= 0.6 is 12.4 Å². The summed E-state index contributed by atoms with van der Waals surface area (Å²) in [6, 6.07) is 0. The number of hydrogen-bond donors (Lipinski definition) is 1. The summed E-state index contributed by atoms with van der Waals surface area (Å²) in [7, 11) is 4.99. The Morgan fingerprint density at radius 1 is 1.26 bits per heavy atom. The first-order valence-corrected chi connectivity index (χ1v) is 6.27. The summed E-state index contributed by atoms with van der Waals surface area (Å²) in [4.78, 5) is 26.1. The van der Waals surface area contributed by atoms with Crippen LogP contribution < -0.4 is 5.32 Å². The number of ether oxygens (including phenoxy) is 1. The number of rotatable bonds is 6. The van der Waals surface area contributed by atoms with Crippen LogP contribution in [0.25, 0.3) is 0 Å². The molecule has 1 N–H and O–H groups in total. The molecule has 1 aliphatic heterocycles. The van der Waals surface area contributed by atoms with Crippen molar-refractivity contribution in [2.75, 3.05) is 47.4 Å². The number of carbonyl (C=O) groups excluding carboxylic acids is 2. The summed E-state index contributed by atoms with van der Waals surface area (Å²) >= 11 is 0. The molecule has 1 unspecified atom stereocenters. The summed E-state index contributed by atoms with van der Waals surface area (Å²) in [6.07, 6.45) is 2.37. The predicted molar refractivity (Wildman–Crippen MR) is 75.4 cm³/mol. The van der Waals surface area contributed by atoms with Crippen LogP contribution in [0.1, 0.15) is 12.8 Å². The van der Waals surface area contributed by atoms with Crippen molar-refractivity contribution in [1.82, 2.24) is 15.1 Å². The van der Waals surface area contributed by atoms with Gasteiger partial charge in [0.15, 0.2) is 0 Å². The van der Waals surface area contributed by atoms with Gasteiger partial charge in [0.1, 0.15) is 0 Å². The first-order chi connectivity index (χ1) is 8.50. The number of nitrogens with one attached hydrogen (secondary N) is 1. The van der Waals surface area contributed by atoms with Gasteiger partial charge in [-0.3, -0.25) is 9.59 Å². The van der Waals surface area contributed by atoms with Gasteiger partial charge in [-0.1, -0.05) is 0 Å². The number of likely N-dealkylation sites (N-methyl/N-ethyl adjacent to an activating group) is 2. The molecule has 7 heteroatoms. The lowest BCUT2D eigenvalue weighted by Gasteiger charge is -2.20. The van der Waals surface area contributed by atoms with Crippen molar-refractivity contribution in [2.24, 2.45) is 0 Å². The average Bonchev–Trinajstić information content (AvgIpc) is 2.81. The van der Waals surface area contributed by atoms with Gasteiger partial charge in [-0.15, -0.1) is 12.4 Å². The lowest BCUT2D eigenvalue weighted by molar-refractivity contribution is -0.137. The molecule has 112 valence electrons. The Kier molecular flexibility index (Phi) is 8.71. The van der Waals surface area contributed by atoms with Gasteiger partial charge in [0.05, 0.1) is 19.2 Å². The zero-order valence-electron chi connectivity index (χ0n) is 11.8. The van der Waals surface area contributed by atoms with Gasteiger partial charge in [-0.25, -0.2) is 0 Å². The smallest absolute Gasteiger partial charge is 0.241 e. The number of hydrogen-bond acceptors (Lipinski definition) is 4. The Bertz CT molecular complexity index is 294. The third-order valence-electron chi connectivity index (χ3n) is 2.97. The minimum atomic E-state index is -0.0804. The van der Waals surface area contributed by atoms with Gasteiger partial charge in [-0.05, 0) is 12.8 Å². The van der Waals surface area contributed by atoms with E-state index in [1.165, 1.54) is 9.80 Å². The molecule has 1 aliphatic rings. The van der Waals surface area contributed by atoms with E-state index in [0.717, 1.165) is 19.4 Å². The molecule has 1 heterocycles. The fourth-order valence-electron chi connectivity index (χ4n) is 1.71. The van der Waals surface area contributed by atoms with E-state index in [0.29, 0.717) is 6.54 Å². The van der Waals surface area contributed by atoms with Crippen LogP contribution in [0.4, 0.5) is 0 Å². The summed E-state index contributed by atoms with van der Waals surface area (Å²) < 4.78 is 5.44. The largest absolute Gasteiger partial charge is 0.377 e. The van der Waals surface area contributed by atoms with E-state index in [9.17, 15) is 9.59 Å². The Hall–Kier alpha value is -0.850. The molecule has 0 aliphatic carbocycles. The van der Waals surface area contributed by atoms with Crippen molar-refractivity contribution < 1.29 is 14.3 Å². The third kappa shape index (κ3) is 6.75. The van der Waals surface area contributed by atoms with Gasteiger partial charge in [-0.2, -0.15) is 0 Å². The minimum Gasteiger partial charge on any atom is -0.377 e. The Labute approximate surface area is 120 Å². The van der Waals surface area contributed by atoms with E-state index < -0.39 is 0 Å². The first kappa shape index (κ1) is 18.1. The molecule has 0 aromatic rings. The van der Waals surface area contributed by atoms with Crippen LogP contribution in [-0.2, 0) is 14.3 Å². The summed E-state index contributed by atoms with van der Waals surface area (Å²) in [5, 5.41) is 3.07. The van der Waals surface area contributed by atoms with Crippen molar-refractivity contribution in [2.45, 2.75) is 18.9 Å². The van der Waals surface area contributed by atoms with Crippen LogP contribution in [0.5, 0.6) is 0 Å². The van der Waals surface area contributed by atoms with Crippen LogP contribution in [0.2, 0.25) is 0 Å². The summed E-state index contributed by atoms with van der Waals surface area (Å²) in [6.45, 7) is 1.88. The zero-order chi connectivity index (χ0) is 13.5. The van der Waals surface area contributed by atoms with E-state index in [-0.39, 0.29) is 43.4 Å². The van der Waals surface area contributed by atoms with E-state index in [1.807, 2.05) is 0 Å². The molecule has 0 spiro atoms. The average molecular weight is 294 g/mol. The maximum atomic E-state index is 11.7. The normalized spacial score (nSPS) is 17.7. The van der Waals surface area contributed by atoms with Gasteiger partial charge < -0.3 is 19.9 Å². The molecule has 6 nitrogen and oxygen atoms in total. The van der Waals surface area contributed by atoms with Crippen LogP contribution in [-0.4, -0.2) is 75.1 Å². The zero-order valence-corrected chi connectivity index (χ0v) is 12.7. The van der Waals surface area contributed by atoms with Gasteiger partial charge >= 0.3 is 0 Å². The van der Waals surface area contributed by atoms with E-state index in [4.69, 9.17) is 4.74 Å². The third-order valence-corrected chi connectivity index (χ3v) is 2.97. The lowest BCUT2D eigenvalue weighted by Crippen LogP contribution is -2.42. The summed E-state index contributed by atoms with van der Waals surface area (Å²) in [5.41, 5.74) is 0. The topological polar surface area (TPSA) is 61.9 Å². The van der Waals surface area contributed by atoms with Gasteiger partial charge in [0, 0.05) is 34.3 Å². The van der Waals surface area contributed by atoms with Gasteiger partial charge in [0.2, 0.25) is 11.8 Å². The molecule has 0 radical (unpaired) electrons. The highest BCUT2D eigenvalue weighted by molar-refractivity contribution is 5.85. The molecule has 0 bridgehead atoms. The molecule has 2 amide bonds. The maximum absolute atomic E-state index is 11.7. The van der Waals surface area contributed by atoms with Crippen molar-refractivity contribution >= 4 is 24.2 Å². The molecule has 1 saturated heterocycles. The number of nitrogens with zero attached hydrogens (tertiary/aromatic N) is 2. The van der Waals surface area contributed by atoms with Crippen molar-refractivity contribution in [3.63, 3.8) is 0 Å². The molecular formula is C12H24ClN3O3. The molecule has 1 atom stereocenters. The second kappa shape index (κ2) is 9.12. The van der Waals surface area contributed by atoms with Crippen molar-refractivity contribution in [3.8, 4) is 0 Å². The molecule has 0 saturated carbocycles. The fourth-order valence-corrected chi connectivity index (χ4v) is 1.71. The highest BCUT2D eigenvalue weighted by atomic mass is 35.5. The Morgan fingerprint density at radius 2 is 1.95 bits per heavy atom. The molecule has 1 fully saturated rings. The van der Waals surface area contributed by atoms with E-state index >= 15 is 0 Å². The molecule has 0 aromatic heterocycles. The summed E-state index contributed by atoms with van der Waals surface area (Å²) in [5.74, 6) is -0.159. The quantitative estimate of drug-likeness (QED) is 0.732. The molecule has 1 rings (SSSR count). The second-order valence-corrected chi connectivity index (χ2v) is 4.80. The maximum Gasteiger partial charge on any atom is 0.241 e. The van der Waals surface area contributed by atoms with Crippen LogP contribution in [0.3, 0.4) is 0 Å². The fraction of sp³-hybridized carbons (Fsp3) is 0.833. The Balaban J connectivity index is 0.00000324. The molecular weight excluding hydrogens is 270 g/mol. The van der Waals surface area contributed by atoms with Crippen molar-refractivity contribution in [1.29, 1.82) is 0 Å².